The van der Waals surface area contributed by atoms with Gasteiger partial charge in [-0.25, -0.2) is 5.90 Å². The summed E-state index contributed by atoms with van der Waals surface area (Å²) in [5, 5.41) is 3.10. The second kappa shape index (κ2) is 6.68. The number of rotatable bonds is 4. The number of hydrogen-bond acceptors (Lipinski definition) is 3. The van der Waals surface area contributed by atoms with Crippen LogP contribution >= 0.6 is 0 Å². The molecule has 1 saturated carbocycles. The molecule has 1 aromatic rings. The topological polar surface area (TPSA) is 64.3 Å². The summed E-state index contributed by atoms with van der Waals surface area (Å²) in [6.45, 7) is 2.04. The van der Waals surface area contributed by atoms with Crippen LogP contribution in [0.3, 0.4) is 0 Å². The molecular weight excluding hydrogens is 240 g/mol. The molecule has 1 aliphatic carbocycles. The average molecular weight is 262 g/mol. The summed E-state index contributed by atoms with van der Waals surface area (Å²) in [7, 11) is 0. The standard InChI is InChI=1S/C15H22N2O2/c1-11-3-2-4-12(9-11)10-15(18)17-13-5-7-14(19-16)8-6-13/h2-4,9,13-14H,5-8,10,16H2,1H3,(H,17,18). The van der Waals surface area contributed by atoms with Gasteiger partial charge in [0.25, 0.3) is 0 Å². The SMILES string of the molecule is Cc1cccc(CC(=O)NC2CCC(ON)CC2)c1. The van der Waals surface area contributed by atoms with Gasteiger partial charge in [-0.1, -0.05) is 29.8 Å². The smallest absolute Gasteiger partial charge is 0.224 e. The van der Waals surface area contributed by atoms with Gasteiger partial charge in [-0.15, -0.1) is 0 Å². The summed E-state index contributed by atoms with van der Waals surface area (Å²) >= 11 is 0. The lowest BCUT2D eigenvalue weighted by molar-refractivity contribution is -0.121. The van der Waals surface area contributed by atoms with Crippen molar-refractivity contribution in [3.63, 3.8) is 0 Å². The van der Waals surface area contributed by atoms with Crippen molar-refractivity contribution in [1.82, 2.24) is 5.32 Å². The molecule has 3 N–H and O–H groups in total. The number of amides is 1. The first kappa shape index (κ1) is 14.0. The molecule has 0 bridgehead atoms. The summed E-state index contributed by atoms with van der Waals surface area (Å²) in [4.78, 5) is 16.8. The third kappa shape index (κ3) is 4.33. The molecule has 1 fully saturated rings. The number of carbonyl (C=O) groups excluding carboxylic acids is 1. The quantitative estimate of drug-likeness (QED) is 0.814. The van der Waals surface area contributed by atoms with Crippen LogP contribution in [0.15, 0.2) is 24.3 Å². The highest BCUT2D eigenvalue weighted by Crippen LogP contribution is 2.20. The van der Waals surface area contributed by atoms with E-state index in [1.165, 1.54) is 5.56 Å². The van der Waals surface area contributed by atoms with E-state index in [0.29, 0.717) is 6.42 Å². The van der Waals surface area contributed by atoms with Crippen LogP contribution in [0.4, 0.5) is 0 Å². The minimum absolute atomic E-state index is 0.0997. The van der Waals surface area contributed by atoms with E-state index >= 15 is 0 Å². The molecule has 4 nitrogen and oxygen atoms in total. The van der Waals surface area contributed by atoms with Gasteiger partial charge < -0.3 is 10.2 Å². The third-order valence-corrected chi connectivity index (χ3v) is 3.68. The highest BCUT2D eigenvalue weighted by Gasteiger charge is 2.22. The van der Waals surface area contributed by atoms with E-state index in [0.717, 1.165) is 31.2 Å². The van der Waals surface area contributed by atoms with Crippen molar-refractivity contribution in [2.45, 2.75) is 51.2 Å². The Hall–Kier alpha value is -1.39. The molecule has 0 unspecified atom stereocenters. The van der Waals surface area contributed by atoms with Crippen LogP contribution in [0.1, 0.15) is 36.8 Å². The number of carbonyl (C=O) groups is 1. The molecule has 2 rings (SSSR count). The van der Waals surface area contributed by atoms with E-state index in [9.17, 15) is 4.79 Å². The van der Waals surface area contributed by atoms with Crippen LogP contribution in [-0.4, -0.2) is 18.1 Å². The molecule has 1 aromatic carbocycles. The van der Waals surface area contributed by atoms with Gasteiger partial charge in [0.15, 0.2) is 0 Å². The maximum atomic E-state index is 12.0. The summed E-state index contributed by atoms with van der Waals surface area (Å²) in [5.74, 6) is 5.28. The van der Waals surface area contributed by atoms with Crippen LogP contribution in [0, 0.1) is 6.92 Å². The zero-order valence-electron chi connectivity index (χ0n) is 11.4. The van der Waals surface area contributed by atoms with Crippen LogP contribution in [0.2, 0.25) is 0 Å². The molecule has 0 spiro atoms. The van der Waals surface area contributed by atoms with E-state index in [1.807, 2.05) is 25.1 Å². The van der Waals surface area contributed by atoms with E-state index in [1.54, 1.807) is 0 Å². The Labute approximate surface area is 114 Å². The fourth-order valence-corrected chi connectivity index (χ4v) is 2.63. The largest absolute Gasteiger partial charge is 0.353 e. The minimum atomic E-state index is 0.0997. The van der Waals surface area contributed by atoms with Gasteiger partial charge in [0.05, 0.1) is 12.5 Å². The molecule has 1 amide bonds. The van der Waals surface area contributed by atoms with Crippen molar-refractivity contribution in [2.75, 3.05) is 0 Å². The number of aryl methyl sites for hydroxylation is 1. The molecule has 0 heterocycles. The molecule has 0 aromatic heterocycles. The van der Waals surface area contributed by atoms with E-state index in [2.05, 4.69) is 11.4 Å². The Bertz CT molecular complexity index is 426. The summed E-state index contributed by atoms with van der Waals surface area (Å²) in [6, 6.07) is 8.34. The monoisotopic (exact) mass is 262 g/mol. The van der Waals surface area contributed by atoms with Crippen molar-refractivity contribution in [3.8, 4) is 0 Å². The minimum Gasteiger partial charge on any atom is -0.353 e. The lowest BCUT2D eigenvalue weighted by Crippen LogP contribution is -2.40. The molecule has 0 radical (unpaired) electrons. The maximum absolute atomic E-state index is 12.0. The number of nitrogens with one attached hydrogen (secondary N) is 1. The maximum Gasteiger partial charge on any atom is 0.224 e. The second-order valence-electron chi connectivity index (χ2n) is 5.34. The van der Waals surface area contributed by atoms with Crippen molar-refractivity contribution in [1.29, 1.82) is 0 Å². The first-order chi connectivity index (χ1) is 9.17. The summed E-state index contributed by atoms with van der Waals surface area (Å²) < 4.78 is 0. The predicted molar refractivity (Wildman–Crippen MR) is 74.3 cm³/mol. The molecule has 0 saturated heterocycles. The van der Waals surface area contributed by atoms with Crippen LogP contribution in [0.25, 0.3) is 0 Å². The van der Waals surface area contributed by atoms with Crippen LogP contribution < -0.4 is 11.2 Å². The third-order valence-electron chi connectivity index (χ3n) is 3.68. The molecule has 104 valence electrons. The molecule has 1 aliphatic rings. The van der Waals surface area contributed by atoms with Gasteiger partial charge in [0.1, 0.15) is 0 Å². The first-order valence-corrected chi connectivity index (χ1v) is 6.88. The van der Waals surface area contributed by atoms with Gasteiger partial charge in [-0.2, -0.15) is 0 Å². The number of nitrogens with two attached hydrogens (primary N) is 1. The molecule has 0 aliphatic heterocycles. The summed E-state index contributed by atoms with van der Waals surface area (Å²) in [5.41, 5.74) is 2.25. The van der Waals surface area contributed by atoms with Crippen LogP contribution in [0.5, 0.6) is 0 Å². The first-order valence-electron chi connectivity index (χ1n) is 6.88. The Morgan fingerprint density at radius 3 is 2.74 bits per heavy atom. The zero-order valence-corrected chi connectivity index (χ0v) is 11.4. The lowest BCUT2D eigenvalue weighted by atomic mass is 9.93. The van der Waals surface area contributed by atoms with Gasteiger partial charge in [0.2, 0.25) is 5.91 Å². The Morgan fingerprint density at radius 1 is 1.37 bits per heavy atom. The molecule has 19 heavy (non-hydrogen) atoms. The van der Waals surface area contributed by atoms with Crippen molar-refractivity contribution in [3.05, 3.63) is 35.4 Å². The van der Waals surface area contributed by atoms with Crippen LogP contribution in [-0.2, 0) is 16.1 Å². The number of benzene rings is 1. The summed E-state index contributed by atoms with van der Waals surface area (Å²) in [6.07, 6.45) is 4.35. The van der Waals surface area contributed by atoms with Gasteiger partial charge >= 0.3 is 0 Å². The molecular formula is C15H22N2O2. The van der Waals surface area contributed by atoms with Gasteiger partial charge in [0, 0.05) is 6.04 Å². The van der Waals surface area contributed by atoms with Crippen molar-refractivity contribution >= 4 is 5.91 Å². The molecule has 4 heteroatoms. The normalized spacial score (nSPS) is 23.1. The van der Waals surface area contributed by atoms with Gasteiger partial charge in [-0.3, -0.25) is 4.79 Å². The zero-order chi connectivity index (χ0) is 13.7. The second-order valence-corrected chi connectivity index (χ2v) is 5.34. The van der Waals surface area contributed by atoms with E-state index in [-0.39, 0.29) is 18.1 Å². The Balaban J connectivity index is 1.79. The fraction of sp³-hybridized carbons (Fsp3) is 0.533. The van der Waals surface area contributed by atoms with Crippen molar-refractivity contribution in [2.24, 2.45) is 5.90 Å². The molecule has 0 atom stereocenters. The van der Waals surface area contributed by atoms with E-state index in [4.69, 9.17) is 10.7 Å². The van der Waals surface area contributed by atoms with E-state index < -0.39 is 0 Å². The van der Waals surface area contributed by atoms with Gasteiger partial charge in [-0.05, 0) is 38.2 Å². The fourth-order valence-electron chi connectivity index (χ4n) is 2.63. The lowest BCUT2D eigenvalue weighted by Gasteiger charge is -2.27. The highest BCUT2D eigenvalue weighted by molar-refractivity contribution is 5.78. The predicted octanol–water partition coefficient (Wildman–Crippen LogP) is 1.86. The Kier molecular flexibility index (Phi) is 4.93. The average Bonchev–Trinajstić information content (AvgIpc) is 2.39. The Morgan fingerprint density at radius 2 is 2.11 bits per heavy atom. The number of hydrogen-bond donors (Lipinski definition) is 2. The van der Waals surface area contributed by atoms with Crippen molar-refractivity contribution < 1.29 is 9.63 Å². The highest BCUT2D eigenvalue weighted by atomic mass is 16.6.